The Balaban J connectivity index is 2.33. The first-order chi connectivity index (χ1) is 11.9. The van der Waals surface area contributed by atoms with E-state index in [9.17, 15) is 9.59 Å². The number of carbonyl (C=O) groups is 2. The summed E-state index contributed by atoms with van der Waals surface area (Å²) in [5, 5.41) is 20.8. The van der Waals surface area contributed by atoms with Crippen molar-refractivity contribution in [1.82, 2.24) is 0 Å². The maximum absolute atomic E-state index is 11.2. The monoisotopic (exact) mass is 381 g/mol. The molecule has 0 fully saturated rings. The zero-order valence-corrected chi connectivity index (χ0v) is 14.2. The van der Waals surface area contributed by atoms with Crippen molar-refractivity contribution in [2.75, 3.05) is 5.32 Å². The molecule has 130 valence electrons. The van der Waals surface area contributed by atoms with Crippen molar-refractivity contribution in [2.24, 2.45) is 0 Å². The molecule has 8 heteroatoms. The molecule has 0 unspecified atom stereocenters. The number of anilines is 1. The van der Waals surface area contributed by atoms with E-state index in [0.29, 0.717) is 6.08 Å². The number of hydrogen-bond acceptors (Lipinski definition) is 4. The van der Waals surface area contributed by atoms with E-state index in [0.717, 1.165) is 5.56 Å². The Morgan fingerprint density at radius 3 is 2.40 bits per heavy atom. The molecule has 0 aromatic heterocycles. The predicted octanol–water partition coefficient (Wildman–Crippen LogP) is 4.04. The maximum atomic E-state index is 11.2. The zero-order chi connectivity index (χ0) is 18.4. The highest BCUT2D eigenvalue weighted by molar-refractivity contribution is 6.36. The molecule has 0 amide bonds. The number of ether oxygens (including phenoxy) is 1. The van der Waals surface area contributed by atoms with Crippen molar-refractivity contribution in [3.63, 3.8) is 0 Å². The Kier molecular flexibility index (Phi) is 6.27. The van der Waals surface area contributed by atoms with Crippen LogP contribution in [0, 0.1) is 0 Å². The van der Waals surface area contributed by atoms with E-state index >= 15 is 0 Å². The van der Waals surface area contributed by atoms with Crippen molar-refractivity contribution < 1.29 is 24.5 Å². The van der Waals surface area contributed by atoms with Crippen molar-refractivity contribution >= 4 is 40.8 Å². The van der Waals surface area contributed by atoms with Crippen LogP contribution >= 0.6 is 23.2 Å². The van der Waals surface area contributed by atoms with Crippen LogP contribution in [0.25, 0.3) is 0 Å². The second kappa shape index (κ2) is 8.41. The molecule has 3 N–H and O–H groups in total. The van der Waals surface area contributed by atoms with E-state index in [2.05, 4.69) is 5.32 Å². The molecule has 0 atom stereocenters. The summed E-state index contributed by atoms with van der Waals surface area (Å²) in [6.45, 7) is 0.182. The summed E-state index contributed by atoms with van der Waals surface area (Å²) in [5.74, 6) is -2.70. The number of nitrogens with one attached hydrogen (secondary N) is 1. The lowest BCUT2D eigenvalue weighted by molar-refractivity contribution is -0.134. The molecule has 0 radical (unpaired) electrons. The summed E-state index contributed by atoms with van der Waals surface area (Å²) < 4.78 is 5.67. The molecule has 2 aromatic carbocycles. The first-order valence-corrected chi connectivity index (χ1v) is 7.73. The Morgan fingerprint density at radius 2 is 1.80 bits per heavy atom. The van der Waals surface area contributed by atoms with Crippen LogP contribution in [0.2, 0.25) is 10.0 Å². The minimum Gasteiger partial charge on any atom is -0.485 e. The average Bonchev–Trinajstić information content (AvgIpc) is 2.53. The fourth-order valence-electron chi connectivity index (χ4n) is 1.95. The first kappa shape index (κ1) is 18.6. The number of carboxylic acids is 2. The largest absolute Gasteiger partial charge is 0.485 e. The molecule has 25 heavy (non-hydrogen) atoms. The normalized spacial score (nSPS) is 11.0. The van der Waals surface area contributed by atoms with Gasteiger partial charge in [0.15, 0.2) is 5.75 Å². The molecular formula is C17H13Cl2NO5. The van der Waals surface area contributed by atoms with Crippen LogP contribution in [0.4, 0.5) is 5.69 Å². The maximum Gasteiger partial charge on any atom is 0.352 e. The highest BCUT2D eigenvalue weighted by atomic mass is 35.5. The topological polar surface area (TPSA) is 95.9 Å². The van der Waals surface area contributed by atoms with Crippen LogP contribution in [0.5, 0.6) is 5.75 Å². The first-order valence-electron chi connectivity index (χ1n) is 6.97. The third-order valence-corrected chi connectivity index (χ3v) is 3.50. The van der Waals surface area contributed by atoms with E-state index in [-0.39, 0.29) is 28.1 Å². The molecule has 2 rings (SSSR count). The fourth-order valence-corrected chi connectivity index (χ4v) is 2.50. The zero-order valence-electron chi connectivity index (χ0n) is 12.7. The SMILES string of the molecule is O=C(O)/C=C(\Nc1cc(Cl)cc(Cl)c1OCc1ccccc1)C(=O)O. The summed E-state index contributed by atoms with van der Waals surface area (Å²) in [5.41, 5.74) is 0.456. The molecule has 0 bridgehead atoms. The number of hydrogen-bond donors (Lipinski definition) is 3. The van der Waals surface area contributed by atoms with Gasteiger partial charge in [0.1, 0.15) is 12.3 Å². The molecule has 0 aliphatic carbocycles. The molecule has 0 aliphatic heterocycles. The fraction of sp³-hybridized carbons (Fsp3) is 0.0588. The van der Waals surface area contributed by atoms with Gasteiger partial charge in [0.25, 0.3) is 0 Å². The summed E-state index contributed by atoms with van der Waals surface area (Å²) in [7, 11) is 0. The Labute approximate surface area is 153 Å². The number of aliphatic carboxylic acids is 2. The summed E-state index contributed by atoms with van der Waals surface area (Å²) >= 11 is 12.1. The van der Waals surface area contributed by atoms with Crippen LogP contribution in [-0.4, -0.2) is 22.2 Å². The second-order valence-electron chi connectivity index (χ2n) is 4.86. The van der Waals surface area contributed by atoms with Crippen molar-refractivity contribution in [3.05, 3.63) is 69.8 Å². The van der Waals surface area contributed by atoms with E-state index < -0.39 is 17.6 Å². The number of halogens is 2. The molecule has 2 aromatic rings. The van der Waals surface area contributed by atoms with Crippen molar-refractivity contribution in [3.8, 4) is 5.75 Å². The van der Waals surface area contributed by atoms with Gasteiger partial charge in [0, 0.05) is 5.02 Å². The van der Waals surface area contributed by atoms with Gasteiger partial charge in [-0.1, -0.05) is 53.5 Å². The lowest BCUT2D eigenvalue weighted by Crippen LogP contribution is -2.13. The van der Waals surface area contributed by atoms with Crippen LogP contribution in [-0.2, 0) is 16.2 Å². The van der Waals surface area contributed by atoms with E-state index in [4.69, 9.17) is 38.2 Å². The van der Waals surface area contributed by atoms with Crippen molar-refractivity contribution in [1.29, 1.82) is 0 Å². The smallest absolute Gasteiger partial charge is 0.352 e. The Bertz CT molecular complexity index is 821. The van der Waals surface area contributed by atoms with Gasteiger partial charge in [-0.15, -0.1) is 0 Å². The Hall–Kier alpha value is -2.70. The van der Waals surface area contributed by atoms with E-state index in [1.165, 1.54) is 12.1 Å². The molecule has 0 heterocycles. The minimum absolute atomic E-state index is 0.142. The van der Waals surface area contributed by atoms with Gasteiger partial charge in [-0.2, -0.15) is 0 Å². The molecular weight excluding hydrogens is 369 g/mol. The standard InChI is InChI=1S/C17H13Cl2NO5/c18-11-6-12(19)16(25-9-10-4-2-1-3-5-10)13(7-11)20-14(17(23)24)8-15(21)22/h1-8,20H,9H2,(H,21,22)(H,23,24)/b14-8-. The van der Waals surface area contributed by atoms with Crippen LogP contribution in [0.15, 0.2) is 54.2 Å². The third kappa shape index (κ3) is 5.41. The van der Waals surface area contributed by atoms with Crippen LogP contribution < -0.4 is 10.1 Å². The van der Waals surface area contributed by atoms with E-state index in [1.54, 1.807) is 0 Å². The van der Waals surface area contributed by atoms with E-state index in [1.807, 2.05) is 30.3 Å². The van der Waals surface area contributed by atoms with Crippen LogP contribution in [0.1, 0.15) is 5.56 Å². The van der Waals surface area contributed by atoms with Gasteiger partial charge in [0.2, 0.25) is 0 Å². The van der Waals surface area contributed by atoms with Gasteiger partial charge < -0.3 is 20.3 Å². The molecule has 0 aliphatic rings. The number of benzene rings is 2. The van der Waals surface area contributed by atoms with Gasteiger partial charge in [-0.3, -0.25) is 0 Å². The number of rotatable bonds is 7. The minimum atomic E-state index is -1.45. The van der Waals surface area contributed by atoms with Crippen molar-refractivity contribution in [2.45, 2.75) is 6.61 Å². The predicted molar refractivity (Wildman–Crippen MR) is 94.2 cm³/mol. The van der Waals surface area contributed by atoms with Gasteiger partial charge >= 0.3 is 11.9 Å². The Morgan fingerprint density at radius 1 is 1.12 bits per heavy atom. The lowest BCUT2D eigenvalue weighted by atomic mass is 10.2. The molecule has 0 saturated heterocycles. The average molecular weight is 382 g/mol. The van der Waals surface area contributed by atoms with Gasteiger partial charge in [-0.25, -0.2) is 9.59 Å². The summed E-state index contributed by atoms with van der Waals surface area (Å²) in [6.07, 6.45) is 0.526. The quantitative estimate of drug-likeness (QED) is 0.626. The molecule has 6 nitrogen and oxygen atoms in total. The second-order valence-corrected chi connectivity index (χ2v) is 5.71. The lowest BCUT2D eigenvalue weighted by Gasteiger charge is -2.15. The highest BCUT2D eigenvalue weighted by Crippen LogP contribution is 2.37. The summed E-state index contributed by atoms with van der Waals surface area (Å²) in [6, 6.07) is 12.1. The summed E-state index contributed by atoms with van der Waals surface area (Å²) in [4.78, 5) is 22.0. The number of carboxylic acid groups (broad SMARTS) is 2. The molecule has 0 spiro atoms. The van der Waals surface area contributed by atoms with Crippen LogP contribution in [0.3, 0.4) is 0 Å². The highest BCUT2D eigenvalue weighted by Gasteiger charge is 2.16. The molecule has 0 saturated carbocycles. The van der Waals surface area contributed by atoms with Gasteiger partial charge in [-0.05, 0) is 17.7 Å². The van der Waals surface area contributed by atoms with Gasteiger partial charge in [0.05, 0.1) is 16.8 Å². The third-order valence-electron chi connectivity index (χ3n) is 3.00.